The third-order valence-electron chi connectivity index (χ3n) is 3.03. The second-order valence-electron chi connectivity index (χ2n) is 4.24. The number of benzene rings is 1. The molecule has 0 saturated carbocycles. The molecule has 0 aromatic heterocycles. The Morgan fingerprint density at radius 3 is 2.31 bits per heavy atom. The minimum absolute atomic E-state index is 0.694. The summed E-state index contributed by atoms with van der Waals surface area (Å²) in [6.45, 7) is 8.90. The molecule has 3 heteroatoms. The number of rotatable bonds is 3. The SMILES string of the molecule is C=C(N)N1CCN(Cc2ccccc2)CC1. The summed E-state index contributed by atoms with van der Waals surface area (Å²) in [5.74, 6) is 0.694. The molecule has 2 N–H and O–H groups in total. The van der Waals surface area contributed by atoms with Crippen LogP contribution in [-0.2, 0) is 6.54 Å². The molecule has 0 unspecified atom stereocenters. The summed E-state index contributed by atoms with van der Waals surface area (Å²) < 4.78 is 0. The van der Waals surface area contributed by atoms with Crippen LogP contribution in [0.3, 0.4) is 0 Å². The quantitative estimate of drug-likeness (QED) is 0.826. The second-order valence-corrected chi connectivity index (χ2v) is 4.24. The highest BCUT2D eigenvalue weighted by Crippen LogP contribution is 2.09. The van der Waals surface area contributed by atoms with Gasteiger partial charge < -0.3 is 10.6 Å². The lowest BCUT2D eigenvalue weighted by atomic mass is 10.2. The van der Waals surface area contributed by atoms with Crippen LogP contribution < -0.4 is 5.73 Å². The summed E-state index contributed by atoms with van der Waals surface area (Å²) in [5.41, 5.74) is 7.06. The lowest BCUT2D eigenvalue weighted by Gasteiger charge is -2.35. The van der Waals surface area contributed by atoms with Crippen molar-refractivity contribution in [1.82, 2.24) is 9.80 Å². The van der Waals surface area contributed by atoms with Crippen LogP contribution in [0.4, 0.5) is 0 Å². The van der Waals surface area contributed by atoms with Crippen LogP contribution in [0.25, 0.3) is 0 Å². The highest BCUT2D eigenvalue weighted by Gasteiger charge is 2.16. The van der Waals surface area contributed by atoms with Crippen molar-refractivity contribution in [2.24, 2.45) is 5.73 Å². The van der Waals surface area contributed by atoms with Crippen LogP contribution in [0, 0.1) is 0 Å². The van der Waals surface area contributed by atoms with E-state index in [1.54, 1.807) is 0 Å². The number of hydrogen-bond acceptors (Lipinski definition) is 3. The summed E-state index contributed by atoms with van der Waals surface area (Å²) in [7, 11) is 0. The van der Waals surface area contributed by atoms with Crippen molar-refractivity contribution >= 4 is 0 Å². The molecule has 1 fully saturated rings. The molecule has 1 aromatic carbocycles. The van der Waals surface area contributed by atoms with Crippen molar-refractivity contribution in [2.75, 3.05) is 26.2 Å². The first-order chi connectivity index (χ1) is 7.75. The average molecular weight is 217 g/mol. The molecule has 1 saturated heterocycles. The maximum Gasteiger partial charge on any atom is 0.0913 e. The van der Waals surface area contributed by atoms with Gasteiger partial charge in [-0.25, -0.2) is 0 Å². The van der Waals surface area contributed by atoms with Gasteiger partial charge in [0.05, 0.1) is 5.82 Å². The molecule has 0 amide bonds. The van der Waals surface area contributed by atoms with Gasteiger partial charge in [-0.2, -0.15) is 0 Å². The van der Waals surface area contributed by atoms with Gasteiger partial charge in [-0.3, -0.25) is 4.90 Å². The van der Waals surface area contributed by atoms with Crippen LogP contribution in [0.15, 0.2) is 42.7 Å². The molecule has 0 spiro atoms. The third kappa shape index (κ3) is 2.76. The lowest BCUT2D eigenvalue weighted by Crippen LogP contribution is -2.46. The fraction of sp³-hybridized carbons (Fsp3) is 0.385. The van der Waals surface area contributed by atoms with Crippen molar-refractivity contribution in [3.63, 3.8) is 0 Å². The van der Waals surface area contributed by atoms with Gasteiger partial charge in [0.15, 0.2) is 0 Å². The van der Waals surface area contributed by atoms with E-state index >= 15 is 0 Å². The summed E-state index contributed by atoms with van der Waals surface area (Å²) in [6, 6.07) is 10.6. The molecule has 3 nitrogen and oxygen atoms in total. The van der Waals surface area contributed by atoms with E-state index in [1.165, 1.54) is 5.56 Å². The van der Waals surface area contributed by atoms with Gasteiger partial charge in [0.1, 0.15) is 0 Å². The minimum atomic E-state index is 0.694. The number of hydrogen-bond donors (Lipinski definition) is 1. The lowest BCUT2D eigenvalue weighted by molar-refractivity contribution is 0.152. The van der Waals surface area contributed by atoms with E-state index in [-0.39, 0.29) is 0 Å². The second kappa shape index (κ2) is 5.03. The van der Waals surface area contributed by atoms with Crippen LogP contribution in [-0.4, -0.2) is 36.0 Å². The zero-order valence-electron chi connectivity index (χ0n) is 9.60. The van der Waals surface area contributed by atoms with Gasteiger partial charge in [0.2, 0.25) is 0 Å². The molecule has 0 bridgehead atoms. The summed E-state index contributed by atoms with van der Waals surface area (Å²) >= 11 is 0. The summed E-state index contributed by atoms with van der Waals surface area (Å²) in [5, 5.41) is 0. The van der Waals surface area contributed by atoms with Gasteiger partial charge in [-0.1, -0.05) is 36.9 Å². The van der Waals surface area contributed by atoms with Crippen molar-refractivity contribution in [3.8, 4) is 0 Å². The first kappa shape index (κ1) is 11.0. The molecule has 1 aromatic rings. The van der Waals surface area contributed by atoms with E-state index in [1.807, 2.05) is 0 Å². The molecular weight excluding hydrogens is 198 g/mol. The van der Waals surface area contributed by atoms with E-state index in [0.717, 1.165) is 32.7 Å². The van der Waals surface area contributed by atoms with Gasteiger partial charge in [0, 0.05) is 32.7 Å². The highest BCUT2D eigenvalue weighted by atomic mass is 15.3. The van der Waals surface area contributed by atoms with Crippen LogP contribution >= 0.6 is 0 Å². The van der Waals surface area contributed by atoms with Crippen molar-refractivity contribution in [1.29, 1.82) is 0 Å². The monoisotopic (exact) mass is 217 g/mol. The maximum atomic E-state index is 5.68. The Morgan fingerprint density at radius 2 is 1.75 bits per heavy atom. The fourth-order valence-corrected chi connectivity index (χ4v) is 2.03. The Labute approximate surface area is 97.2 Å². The molecule has 2 rings (SSSR count). The zero-order chi connectivity index (χ0) is 11.4. The summed E-state index contributed by atoms with van der Waals surface area (Å²) in [4.78, 5) is 4.59. The minimum Gasteiger partial charge on any atom is -0.386 e. The molecule has 16 heavy (non-hydrogen) atoms. The van der Waals surface area contributed by atoms with Crippen molar-refractivity contribution in [3.05, 3.63) is 48.3 Å². The smallest absolute Gasteiger partial charge is 0.0913 e. The summed E-state index contributed by atoms with van der Waals surface area (Å²) in [6.07, 6.45) is 0. The Bertz CT molecular complexity index is 339. The maximum absolute atomic E-state index is 5.68. The number of nitrogens with two attached hydrogens (primary N) is 1. The molecule has 1 heterocycles. The predicted octanol–water partition coefficient (Wildman–Crippen LogP) is 1.23. The zero-order valence-corrected chi connectivity index (χ0v) is 9.60. The molecule has 0 atom stereocenters. The van der Waals surface area contributed by atoms with Crippen molar-refractivity contribution in [2.45, 2.75) is 6.54 Å². The first-order valence-electron chi connectivity index (χ1n) is 5.71. The van der Waals surface area contributed by atoms with Gasteiger partial charge in [-0.15, -0.1) is 0 Å². The normalized spacial score (nSPS) is 17.4. The fourth-order valence-electron chi connectivity index (χ4n) is 2.03. The van der Waals surface area contributed by atoms with Crippen molar-refractivity contribution < 1.29 is 0 Å². The van der Waals surface area contributed by atoms with Gasteiger partial charge in [0.25, 0.3) is 0 Å². The average Bonchev–Trinajstić information content (AvgIpc) is 2.31. The Kier molecular flexibility index (Phi) is 3.47. The molecule has 86 valence electrons. The standard InChI is InChI=1S/C13H19N3/c1-12(14)16-9-7-15(8-10-16)11-13-5-3-2-4-6-13/h2-6H,1,7-11,14H2. The largest absolute Gasteiger partial charge is 0.386 e. The Hall–Kier alpha value is -1.48. The number of nitrogens with zero attached hydrogens (tertiary/aromatic N) is 2. The molecular formula is C13H19N3. The molecule has 1 aliphatic heterocycles. The van der Waals surface area contributed by atoms with E-state index in [4.69, 9.17) is 5.73 Å². The Balaban J connectivity index is 1.84. The van der Waals surface area contributed by atoms with Gasteiger partial charge in [-0.05, 0) is 5.56 Å². The molecule has 1 aliphatic rings. The molecule has 0 radical (unpaired) electrons. The predicted molar refractivity (Wildman–Crippen MR) is 66.6 cm³/mol. The van der Waals surface area contributed by atoms with Crippen LogP contribution in [0.1, 0.15) is 5.56 Å². The third-order valence-corrected chi connectivity index (χ3v) is 3.03. The molecule has 0 aliphatic carbocycles. The first-order valence-corrected chi connectivity index (χ1v) is 5.71. The van der Waals surface area contributed by atoms with E-state index in [9.17, 15) is 0 Å². The van der Waals surface area contributed by atoms with E-state index in [0.29, 0.717) is 5.82 Å². The topological polar surface area (TPSA) is 32.5 Å². The Morgan fingerprint density at radius 1 is 1.12 bits per heavy atom. The van der Waals surface area contributed by atoms with Crippen LogP contribution in [0.5, 0.6) is 0 Å². The van der Waals surface area contributed by atoms with Gasteiger partial charge >= 0.3 is 0 Å². The number of piperazine rings is 1. The van der Waals surface area contributed by atoms with E-state index < -0.39 is 0 Å². The van der Waals surface area contributed by atoms with E-state index in [2.05, 4.69) is 46.7 Å². The highest BCUT2D eigenvalue weighted by molar-refractivity contribution is 5.14. The van der Waals surface area contributed by atoms with Crippen LogP contribution in [0.2, 0.25) is 0 Å².